The van der Waals surface area contributed by atoms with Gasteiger partial charge >= 0.3 is 0 Å². The van der Waals surface area contributed by atoms with Gasteiger partial charge in [-0.25, -0.2) is 0 Å². The minimum absolute atomic E-state index is 0.163. The van der Waals surface area contributed by atoms with Crippen molar-refractivity contribution < 1.29 is 20.4 Å². The Balaban J connectivity index is 1.81. The molecule has 0 aromatic carbocycles. The highest BCUT2D eigenvalue weighted by Crippen LogP contribution is 2.68. The van der Waals surface area contributed by atoms with E-state index in [4.69, 9.17) is 0 Å². The maximum atomic E-state index is 11.6. The van der Waals surface area contributed by atoms with Crippen LogP contribution in [0, 0.1) is 28.6 Å². The standard InChI is InChI=1S/C20H32O4/c1-11-13-6-5-12-8-19(13,10-18(12,4)23)9-16(22)20(24)14(11)7-15(21)17(20,2)3/h12-16,21-24H,1,5-10H2,2-4H3/t12-,13+,14+,15+,16+,18-,19-,20+/m1/s1. The van der Waals surface area contributed by atoms with Gasteiger partial charge in [-0.1, -0.05) is 26.0 Å². The minimum Gasteiger partial charge on any atom is -0.392 e. The number of aliphatic hydroxyl groups excluding tert-OH is 2. The molecule has 0 unspecified atom stereocenters. The monoisotopic (exact) mass is 336 g/mol. The molecule has 4 nitrogen and oxygen atoms in total. The Morgan fingerprint density at radius 3 is 2.29 bits per heavy atom. The third kappa shape index (κ3) is 1.78. The summed E-state index contributed by atoms with van der Waals surface area (Å²) in [6.07, 6.45) is 2.95. The van der Waals surface area contributed by atoms with Gasteiger partial charge in [-0.2, -0.15) is 0 Å². The average molecular weight is 336 g/mol. The molecule has 4 N–H and O–H groups in total. The lowest BCUT2D eigenvalue weighted by atomic mass is 9.63. The van der Waals surface area contributed by atoms with Crippen molar-refractivity contribution in [3.05, 3.63) is 12.2 Å². The molecule has 0 heterocycles. The molecule has 0 aromatic heterocycles. The molecule has 0 aromatic rings. The highest BCUT2D eigenvalue weighted by molar-refractivity contribution is 5.30. The van der Waals surface area contributed by atoms with Crippen LogP contribution in [0.2, 0.25) is 0 Å². The zero-order valence-corrected chi connectivity index (χ0v) is 15.1. The topological polar surface area (TPSA) is 80.9 Å². The molecular weight excluding hydrogens is 304 g/mol. The van der Waals surface area contributed by atoms with E-state index in [-0.39, 0.29) is 23.2 Å². The Kier molecular flexibility index (Phi) is 3.29. The summed E-state index contributed by atoms with van der Waals surface area (Å²) in [6.45, 7) is 10.0. The molecule has 8 atom stereocenters. The molecule has 4 rings (SSSR count). The van der Waals surface area contributed by atoms with Gasteiger partial charge in [-0.15, -0.1) is 0 Å². The summed E-state index contributed by atoms with van der Waals surface area (Å²) in [5.74, 6) is 0.224. The van der Waals surface area contributed by atoms with Crippen LogP contribution in [-0.2, 0) is 0 Å². The SMILES string of the molecule is C=C1[C@@H]2CC[C@@H]3C[C@@]2(C[C@H](O)[C@@]2(O)[C@H]1C[C@H](O)C2(C)C)C[C@@]3(C)O. The minimum atomic E-state index is -1.35. The van der Waals surface area contributed by atoms with Gasteiger partial charge in [0.05, 0.1) is 17.8 Å². The van der Waals surface area contributed by atoms with Gasteiger partial charge in [-0.3, -0.25) is 0 Å². The second kappa shape index (κ2) is 4.64. The fourth-order valence-corrected chi connectivity index (χ4v) is 7.16. The van der Waals surface area contributed by atoms with E-state index in [1.54, 1.807) is 0 Å². The fourth-order valence-electron chi connectivity index (χ4n) is 7.16. The van der Waals surface area contributed by atoms with Crippen molar-refractivity contribution in [3.63, 3.8) is 0 Å². The van der Waals surface area contributed by atoms with Crippen molar-refractivity contribution in [1.29, 1.82) is 0 Å². The van der Waals surface area contributed by atoms with E-state index in [1.807, 2.05) is 20.8 Å². The first-order chi connectivity index (χ1) is 11.0. The summed E-state index contributed by atoms with van der Waals surface area (Å²) >= 11 is 0. The van der Waals surface area contributed by atoms with Crippen molar-refractivity contribution >= 4 is 0 Å². The molecule has 4 fully saturated rings. The van der Waals surface area contributed by atoms with Gasteiger partial charge in [0.1, 0.15) is 5.60 Å². The maximum absolute atomic E-state index is 11.6. The van der Waals surface area contributed by atoms with E-state index in [0.29, 0.717) is 19.3 Å². The average Bonchev–Trinajstić information content (AvgIpc) is 2.76. The molecule has 4 heteroatoms. The Morgan fingerprint density at radius 1 is 0.958 bits per heavy atom. The number of hydrogen-bond donors (Lipinski definition) is 4. The van der Waals surface area contributed by atoms with E-state index in [0.717, 1.165) is 24.8 Å². The Labute approximate surface area is 144 Å². The summed E-state index contributed by atoms with van der Waals surface area (Å²) in [4.78, 5) is 0. The van der Waals surface area contributed by atoms with Gasteiger partial charge in [0.25, 0.3) is 0 Å². The molecule has 0 amide bonds. The summed E-state index contributed by atoms with van der Waals surface area (Å²) in [5, 5.41) is 44.1. The molecule has 2 bridgehead atoms. The van der Waals surface area contributed by atoms with Gasteiger partial charge in [-0.05, 0) is 62.7 Å². The third-order valence-corrected chi connectivity index (χ3v) is 8.64. The Morgan fingerprint density at radius 2 is 1.62 bits per heavy atom. The molecule has 136 valence electrons. The normalized spacial score (nSPS) is 59.0. The largest absolute Gasteiger partial charge is 0.392 e. The number of fused-ring (bicyclic) bond motifs is 2. The number of hydrogen-bond acceptors (Lipinski definition) is 4. The highest BCUT2D eigenvalue weighted by Gasteiger charge is 2.69. The molecule has 1 spiro atoms. The van der Waals surface area contributed by atoms with Gasteiger partial charge in [0.15, 0.2) is 0 Å². The fraction of sp³-hybridized carbons (Fsp3) is 0.900. The van der Waals surface area contributed by atoms with Crippen LogP contribution in [0.4, 0.5) is 0 Å². The second-order valence-corrected chi connectivity index (χ2v) is 10.1. The van der Waals surface area contributed by atoms with E-state index in [1.165, 1.54) is 0 Å². The molecule has 0 radical (unpaired) electrons. The lowest BCUT2D eigenvalue weighted by molar-refractivity contribution is -0.169. The molecule has 4 aliphatic rings. The van der Waals surface area contributed by atoms with Crippen molar-refractivity contribution in [2.75, 3.05) is 0 Å². The zero-order valence-electron chi connectivity index (χ0n) is 15.1. The van der Waals surface area contributed by atoms with Gasteiger partial charge in [0, 0.05) is 11.3 Å². The summed E-state index contributed by atoms with van der Waals surface area (Å²) in [5.41, 5.74) is -1.98. The van der Waals surface area contributed by atoms with Crippen molar-refractivity contribution in [3.8, 4) is 0 Å². The van der Waals surface area contributed by atoms with Crippen molar-refractivity contribution in [1.82, 2.24) is 0 Å². The summed E-state index contributed by atoms with van der Waals surface area (Å²) < 4.78 is 0. The Hall–Kier alpha value is -0.420. The van der Waals surface area contributed by atoms with Crippen LogP contribution >= 0.6 is 0 Å². The van der Waals surface area contributed by atoms with Crippen LogP contribution in [0.15, 0.2) is 12.2 Å². The molecule has 0 saturated heterocycles. The smallest absolute Gasteiger partial charge is 0.105 e. The molecule has 4 aliphatic carbocycles. The van der Waals surface area contributed by atoms with Crippen LogP contribution < -0.4 is 0 Å². The second-order valence-electron chi connectivity index (χ2n) is 10.1. The predicted octanol–water partition coefficient (Wildman–Crippen LogP) is 2.00. The molecule has 0 aliphatic heterocycles. The van der Waals surface area contributed by atoms with Gasteiger partial charge < -0.3 is 20.4 Å². The molecule has 4 saturated carbocycles. The lowest BCUT2D eigenvalue weighted by Crippen LogP contribution is -2.56. The molecule has 24 heavy (non-hydrogen) atoms. The number of aliphatic hydroxyl groups is 4. The Bertz CT molecular complexity index is 582. The van der Waals surface area contributed by atoms with Crippen molar-refractivity contribution in [2.45, 2.75) is 82.7 Å². The van der Waals surface area contributed by atoms with E-state index >= 15 is 0 Å². The van der Waals surface area contributed by atoms with E-state index < -0.39 is 28.8 Å². The predicted molar refractivity (Wildman–Crippen MR) is 91.1 cm³/mol. The third-order valence-electron chi connectivity index (χ3n) is 8.64. The quantitative estimate of drug-likeness (QED) is 0.510. The first-order valence-electron chi connectivity index (χ1n) is 9.45. The highest BCUT2D eigenvalue weighted by atomic mass is 16.4. The zero-order chi connectivity index (χ0) is 17.7. The van der Waals surface area contributed by atoms with Crippen LogP contribution in [0.1, 0.15) is 59.3 Å². The maximum Gasteiger partial charge on any atom is 0.105 e. The summed E-state index contributed by atoms with van der Waals surface area (Å²) in [6, 6.07) is 0. The van der Waals surface area contributed by atoms with E-state index in [2.05, 4.69) is 6.58 Å². The van der Waals surface area contributed by atoms with Crippen molar-refractivity contribution in [2.24, 2.45) is 28.6 Å². The first kappa shape index (κ1) is 17.0. The van der Waals surface area contributed by atoms with Crippen LogP contribution in [0.3, 0.4) is 0 Å². The van der Waals surface area contributed by atoms with Crippen LogP contribution in [0.25, 0.3) is 0 Å². The summed E-state index contributed by atoms with van der Waals surface area (Å²) in [7, 11) is 0. The van der Waals surface area contributed by atoms with Crippen LogP contribution in [-0.4, -0.2) is 43.8 Å². The lowest BCUT2D eigenvalue weighted by Gasteiger charge is -2.45. The first-order valence-corrected chi connectivity index (χ1v) is 9.45. The molecular formula is C20H32O4. The number of rotatable bonds is 0. The van der Waals surface area contributed by atoms with Gasteiger partial charge in [0.2, 0.25) is 0 Å². The van der Waals surface area contributed by atoms with E-state index in [9.17, 15) is 20.4 Å². The van der Waals surface area contributed by atoms with Crippen LogP contribution in [0.5, 0.6) is 0 Å².